The van der Waals surface area contributed by atoms with Gasteiger partial charge in [-0.1, -0.05) is 11.6 Å². The first kappa shape index (κ1) is 10.4. The summed E-state index contributed by atoms with van der Waals surface area (Å²) in [6.07, 6.45) is 0. The van der Waals surface area contributed by atoms with Gasteiger partial charge < -0.3 is 10.1 Å². The Morgan fingerprint density at radius 2 is 2.23 bits per heavy atom. The maximum Gasteiger partial charge on any atom is 0.127 e. The van der Waals surface area contributed by atoms with Crippen LogP contribution in [-0.2, 0) is 6.54 Å². The molecule has 0 aliphatic carbocycles. The molecule has 1 rings (SSSR count). The lowest BCUT2D eigenvalue weighted by atomic mass is 10.2. The highest BCUT2D eigenvalue weighted by Crippen LogP contribution is 2.21. The van der Waals surface area contributed by atoms with E-state index in [1.807, 2.05) is 18.2 Å². The van der Waals surface area contributed by atoms with Crippen LogP contribution < -0.4 is 10.1 Å². The van der Waals surface area contributed by atoms with Gasteiger partial charge >= 0.3 is 0 Å². The van der Waals surface area contributed by atoms with E-state index in [-0.39, 0.29) is 0 Å². The summed E-state index contributed by atoms with van der Waals surface area (Å²) < 4.78 is 5.22. The van der Waals surface area contributed by atoms with Gasteiger partial charge in [0, 0.05) is 10.6 Å². The fourth-order valence-electron chi connectivity index (χ4n) is 1.21. The standard InChI is InChI=1S/C10H14ClNO/c1-3-12-7-8-6-9(11)4-5-10(8)13-2/h4-6,12H,3,7H2,1-2H3/p+1. The molecule has 0 amide bonds. The molecule has 72 valence electrons. The molecule has 0 spiro atoms. The second-order valence-corrected chi connectivity index (χ2v) is 3.29. The number of ether oxygens (including phenoxy) is 1. The monoisotopic (exact) mass is 200 g/mol. The van der Waals surface area contributed by atoms with E-state index in [0.717, 1.165) is 29.4 Å². The average Bonchev–Trinajstić information content (AvgIpc) is 2.15. The van der Waals surface area contributed by atoms with Crippen molar-refractivity contribution in [3.63, 3.8) is 0 Å². The Morgan fingerprint density at radius 1 is 1.46 bits per heavy atom. The van der Waals surface area contributed by atoms with Gasteiger partial charge in [0.25, 0.3) is 0 Å². The number of rotatable bonds is 4. The van der Waals surface area contributed by atoms with Crippen LogP contribution in [0.15, 0.2) is 18.2 Å². The number of quaternary nitrogens is 1. The number of benzene rings is 1. The SMILES string of the molecule is CC[NH2+]Cc1cc(Cl)ccc1OC. The lowest BCUT2D eigenvalue weighted by molar-refractivity contribution is -0.667. The quantitative estimate of drug-likeness (QED) is 0.782. The Balaban J connectivity index is 2.81. The topological polar surface area (TPSA) is 25.8 Å². The van der Waals surface area contributed by atoms with Gasteiger partial charge in [0.05, 0.1) is 13.7 Å². The highest BCUT2D eigenvalue weighted by molar-refractivity contribution is 6.30. The van der Waals surface area contributed by atoms with Gasteiger partial charge in [-0.3, -0.25) is 0 Å². The first-order chi connectivity index (χ1) is 6.27. The number of nitrogens with two attached hydrogens (primary N) is 1. The van der Waals surface area contributed by atoms with Crippen molar-refractivity contribution in [2.75, 3.05) is 13.7 Å². The maximum absolute atomic E-state index is 5.88. The summed E-state index contributed by atoms with van der Waals surface area (Å²) in [5, 5.41) is 2.97. The zero-order valence-corrected chi connectivity index (χ0v) is 8.77. The molecule has 2 nitrogen and oxygen atoms in total. The van der Waals surface area contributed by atoms with Crippen molar-refractivity contribution >= 4 is 11.6 Å². The van der Waals surface area contributed by atoms with Crippen LogP contribution in [0.2, 0.25) is 5.02 Å². The molecule has 0 saturated heterocycles. The highest BCUT2D eigenvalue weighted by Gasteiger charge is 2.04. The van der Waals surface area contributed by atoms with Gasteiger partial charge in [-0.25, -0.2) is 0 Å². The second kappa shape index (κ2) is 5.10. The van der Waals surface area contributed by atoms with Crippen LogP contribution in [0.4, 0.5) is 0 Å². The number of hydrogen-bond donors (Lipinski definition) is 1. The summed E-state index contributed by atoms with van der Waals surface area (Å²) in [5.74, 6) is 0.911. The van der Waals surface area contributed by atoms with E-state index >= 15 is 0 Å². The van der Waals surface area contributed by atoms with Crippen molar-refractivity contribution in [3.8, 4) is 5.75 Å². The van der Waals surface area contributed by atoms with Crippen molar-refractivity contribution in [3.05, 3.63) is 28.8 Å². The van der Waals surface area contributed by atoms with Gasteiger partial charge in [-0.15, -0.1) is 0 Å². The van der Waals surface area contributed by atoms with Crippen molar-refractivity contribution in [1.82, 2.24) is 0 Å². The zero-order chi connectivity index (χ0) is 9.68. The molecule has 0 unspecified atom stereocenters. The summed E-state index contributed by atoms with van der Waals surface area (Å²) in [5.41, 5.74) is 1.15. The molecule has 0 aliphatic rings. The first-order valence-corrected chi connectivity index (χ1v) is 4.79. The largest absolute Gasteiger partial charge is 0.496 e. The third kappa shape index (κ3) is 2.90. The fraction of sp³-hybridized carbons (Fsp3) is 0.400. The molecule has 2 N–H and O–H groups in total. The predicted octanol–water partition coefficient (Wildman–Crippen LogP) is 1.43. The number of halogens is 1. The molecule has 0 bridgehead atoms. The molecule has 13 heavy (non-hydrogen) atoms. The Kier molecular flexibility index (Phi) is 4.06. The lowest BCUT2D eigenvalue weighted by Crippen LogP contribution is -2.81. The molecular formula is C10H15ClNO+. The third-order valence-corrected chi connectivity index (χ3v) is 2.13. The molecular weight excluding hydrogens is 186 g/mol. The van der Waals surface area contributed by atoms with Gasteiger partial charge in [-0.05, 0) is 25.1 Å². The van der Waals surface area contributed by atoms with E-state index in [9.17, 15) is 0 Å². The van der Waals surface area contributed by atoms with Gasteiger partial charge in [0.1, 0.15) is 12.3 Å². The van der Waals surface area contributed by atoms with Crippen LogP contribution in [0.3, 0.4) is 0 Å². The Bertz CT molecular complexity index is 276. The third-order valence-electron chi connectivity index (χ3n) is 1.90. The van der Waals surface area contributed by atoms with E-state index < -0.39 is 0 Å². The van der Waals surface area contributed by atoms with Crippen LogP contribution in [0, 0.1) is 0 Å². The molecule has 0 saturated carbocycles. The van der Waals surface area contributed by atoms with Crippen LogP contribution in [-0.4, -0.2) is 13.7 Å². The van der Waals surface area contributed by atoms with Gasteiger partial charge in [-0.2, -0.15) is 0 Å². The maximum atomic E-state index is 5.88. The Labute approximate surface area is 83.9 Å². The van der Waals surface area contributed by atoms with Crippen molar-refractivity contribution in [2.24, 2.45) is 0 Å². The predicted molar refractivity (Wildman–Crippen MR) is 54.2 cm³/mol. The molecule has 0 radical (unpaired) electrons. The minimum absolute atomic E-state index is 0.764. The highest BCUT2D eigenvalue weighted by atomic mass is 35.5. The van der Waals surface area contributed by atoms with Crippen LogP contribution in [0.5, 0.6) is 5.75 Å². The zero-order valence-electron chi connectivity index (χ0n) is 8.01. The summed E-state index contributed by atoms with van der Waals surface area (Å²) in [6.45, 7) is 4.10. The van der Waals surface area contributed by atoms with Crippen molar-refractivity contribution in [1.29, 1.82) is 0 Å². The van der Waals surface area contributed by atoms with Gasteiger partial charge in [0.2, 0.25) is 0 Å². The summed E-state index contributed by atoms with van der Waals surface area (Å²) in [4.78, 5) is 0. The summed E-state index contributed by atoms with van der Waals surface area (Å²) in [6, 6.07) is 5.70. The minimum atomic E-state index is 0.764. The van der Waals surface area contributed by atoms with E-state index in [0.29, 0.717) is 0 Å². The molecule has 1 aromatic rings. The molecule has 1 aromatic carbocycles. The Hall–Kier alpha value is -0.730. The van der Waals surface area contributed by atoms with E-state index in [1.54, 1.807) is 7.11 Å². The number of hydrogen-bond acceptors (Lipinski definition) is 1. The summed E-state index contributed by atoms with van der Waals surface area (Å²) >= 11 is 5.88. The molecule has 0 heterocycles. The van der Waals surface area contributed by atoms with E-state index in [1.165, 1.54) is 0 Å². The molecule has 0 aliphatic heterocycles. The smallest absolute Gasteiger partial charge is 0.127 e. The molecule has 0 atom stereocenters. The minimum Gasteiger partial charge on any atom is -0.496 e. The van der Waals surface area contributed by atoms with Crippen molar-refractivity contribution < 1.29 is 10.1 Å². The van der Waals surface area contributed by atoms with Gasteiger partial charge in [0.15, 0.2) is 0 Å². The van der Waals surface area contributed by atoms with E-state index in [2.05, 4.69) is 12.2 Å². The van der Waals surface area contributed by atoms with Crippen LogP contribution in [0.25, 0.3) is 0 Å². The molecule has 3 heteroatoms. The molecule has 0 aromatic heterocycles. The van der Waals surface area contributed by atoms with Crippen molar-refractivity contribution in [2.45, 2.75) is 13.5 Å². The lowest BCUT2D eigenvalue weighted by Gasteiger charge is -2.06. The number of methoxy groups -OCH3 is 1. The normalized spacial score (nSPS) is 10.1. The molecule has 0 fully saturated rings. The Morgan fingerprint density at radius 3 is 2.85 bits per heavy atom. The van der Waals surface area contributed by atoms with Crippen LogP contribution >= 0.6 is 11.6 Å². The van der Waals surface area contributed by atoms with Crippen LogP contribution in [0.1, 0.15) is 12.5 Å². The average molecular weight is 201 g/mol. The first-order valence-electron chi connectivity index (χ1n) is 4.42. The second-order valence-electron chi connectivity index (χ2n) is 2.86. The fourth-order valence-corrected chi connectivity index (χ4v) is 1.40. The van der Waals surface area contributed by atoms with E-state index in [4.69, 9.17) is 16.3 Å². The summed E-state index contributed by atoms with van der Waals surface area (Å²) in [7, 11) is 1.68.